The Morgan fingerprint density at radius 3 is 2.82 bits per heavy atom. The van der Waals surface area contributed by atoms with Crippen LogP contribution in [0, 0.1) is 5.92 Å². The molecule has 2 aromatic heterocycles. The lowest BCUT2D eigenvalue weighted by Gasteiger charge is -2.26. The van der Waals surface area contributed by atoms with Crippen molar-refractivity contribution in [1.82, 2.24) is 14.1 Å². The van der Waals surface area contributed by atoms with Crippen molar-refractivity contribution >= 4 is 22.8 Å². The maximum absolute atomic E-state index is 13.1. The van der Waals surface area contributed by atoms with E-state index in [0.717, 1.165) is 36.9 Å². The first kappa shape index (κ1) is 18.3. The molecule has 0 fully saturated rings. The first-order chi connectivity index (χ1) is 13.5. The molecule has 3 heterocycles. The highest BCUT2D eigenvalue weighted by molar-refractivity contribution is 5.70. The summed E-state index contributed by atoms with van der Waals surface area (Å²) in [6.07, 6.45) is 0.726. The SMILES string of the molecule is CCCn1c(=O)c2c([nH]c3[n+]2C[C@@H](C)CN3c2cccc(OC)c2)n(C)c1=O. The molecule has 0 amide bonds. The third kappa shape index (κ3) is 2.71. The summed E-state index contributed by atoms with van der Waals surface area (Å²) in [6.45, 7) is 6.06. The van der Waals surface area contributed by atoms with Gasteiger partial charge < -0.3 is 4.74 Å². The second-order valence-electron chi connectivity index (χ2n) is 7.47. The molecule has 1 atom stereocenters. The number of hydrogen-bond acceptors (Lipinski definition) is 4. The third-order valence-electron chi connectivity index (χ3n) is 5.34. The predicted octanol–water partition coefficient (Wildman–Crippen LogP) is 1.52. The molecule has 8 heteroatoms. The van der Waals surface area contributed by atoms with Crippen molar-refractivity contribution in [2.45, 2.75) is 33.4 Å². The van der Waals surface area contributed by atoms with E-state index in [0.29, 0.717) is 23.6 Å². The number of H-pyrrole nitrogens is 1. The number of hydrogen-bond donors (Lipinski definition) is 1. The topological polar surface area (TPSA) is 76.1 Å². The van der Waals surface area contributed by atoms with E-state index < -0.39 is 0 Å². The van der Waals surface area contributed by atoms with Crippen molar-refractivity contribution in [2.75, 3.05) is 18.6 Å². The predicted molar refractivity (Wildman–Crippen MR) is 107 cm³/mol. The Bertz CT molecular complexity index is 1160. The van der Waals surface area contributed by atoms with Crippen LogP contribution >= 0.6 is 0 Å². The van der Waals surface area contributed by atoms with Crippen LogP contribution in [0.2, 0.25) is 0 Å². The van der Waals surface area contributed by atoms with Crippen LogP contribution in [0.5, 0.6) is 5.75 Å². The van der Waals surface area contributed by atoms with E-state index in [1.54, 1.807) is 14.2 Å². The second-order valence-corrected chi connectivity index (χ2v) is 7.47. The Balaban J connectivity index is 1.99. The zero-order valence-corrected chi connectivity index (χ0v) is 16.7. The summed E-state index contributed by atoms with van der Waals surface area (Å²) in [5.41, 5.74) is 1.55. The second kappa shape index (κ2) is 6.85. The van der Waals surface area contributed by atoms with Crippen molar-refractivity contribution in [1.29, 1.82) is 0 Å². The quantitative estimate of drug-likeness (QED) is 0.692. The van der Waals surface area contributed by atoms with E-state index in [1.807, 2.05) is 35.8 Å². The minimum absolute atomic E-state index is 0.234. The Hall–Kier alpha value is -3.03. The molecule has 28 heavy (non-hydrogen) atoms. The molecule has 1 aliphatic heterocycles. The van der Waals surface area contributed by atoms with Gasteiger partial charge in [0, 0.05) is 25.6 Å². The number of fused-ring (bicyclic) bond motifs is 3. The first-order valence-corrected chi connectivity index (χ1v) is 9.63. The highest BCUT2D eigenvalue weighted by Crippen LogP contribution is 2.30. The largest absolute Gasteiger partial charge is 0.497 e. The summed E-state index contributed by atoms with van der Waals surface area (Å²) in [6, 6.07) is 7.85. The van der Waals surface area contributed by atoms with Gasteiger partial charge in [0.1, 0.15) is 11.4 Å². The molecule has 0 saturated carbocycles. The monoisotopic (exact) mass is 384 g/mol. The first-order valence-electron chi connectivity index (χ1n) is 9.63. The van der Waals surface area contributed by atoms with Gasteiger partial charge in [-0.25, -0.2) is 19.2 Å². The number of nitrogens with one attached hydrogen (secondary N) is 1. The van der Waals surface area contributed by atoms with Crippen LogP contribution in [0.4, 0.5) is 11.6 Å². The van der Waals surface area contributed by atoms with Crippen LogP contribution in [0.15, 0.2) is 33.9 Å². The van der Waals surface area contributed by atoms with Gasteiger partial charge in [0.2, 0.25) is 11.2 Å². The molecule has 8 nitrogen and oxygen atoms in total. The zero-order valence-electron chi connectivity index (χ0n) is 16.7. The van der Waals surface area contributed by atoms with Crippen molar-refractivity contribution in [3.05, 3.63) is 45.1 Å². The van der Waals surface area contributed by atoms with Crippen LogP contribution < -0.4 is 25.5 Å². The summed E-state index contributed by atoms with van der Waals surface area (Å²) in [4.78, 5) is 31.3. The Morgan fingerprint density at radius 2 is 2.11 bits per heavy atom. The number of methoxy groups -OCH3 is 1. The fourth-order valence-electron chi connectivity index (χ4n) is 4.00. The normalized spacial score (nSPS) is 16.4. The van der Waals surface area contributed by atoms with Gasteiger partial charge in [0.25, 0.3) is 5.56 Å². The van der Waals surface area contributed by atoms with E-state index in [-0.39, 0.29) is 11.2 Å². The zero-order chi connectivity index (χ0) is 20.0. The van der Waals surface area contributed by atoms with Crippen LogP contribution in [0.25, 0.3) is 11.2 Å². The summed E-state index contributed by atoms with van der Waals surface area (Å²) in [7, 11) is 3.35. The number of aromatic amines is 1. The Morgan fingerprint density at radius 1 is 1.32 bits per heavy atom. The van der Waals surface area contributed by atoms with Gasteiger partial charge in [-0.15, -0.1) is 0 Å². The molecule has 0 unspecified atom stereocenters. The number of imidazole rings is 1. The molecule has 1 N–H and O–H groups in total. The van der Waals surface area contributed by atoms with Gasteiger partial charge in [0.15, 0.2) is 0 Å². The molecule has 3 aromatic rings. The van der Waals surface area contributed by atoms with Crippen molar-refractivity contribution in [3.63, 3.8) is 0 Å². The lowest BCUT2D eigenvalue weighted by Crippen LogP contribution is -2.52. The molecule has 0 saturated heterocycles. The van der Waals surface area contributed by atoms with E-state index in [2.05, 4.69) is 16.8 Å². The van der Waals surface area contributed by atoms with E-state index in [9.17, 15) is 9.59 Å². The average molecular weight is 384 g/mol. The highest BCUT2D eigenvalue weighted by Gasteiger charge is 2.36. The molecule has 0 bridgehead atoms. The summed E-state index contributed by atoms with van der Waals surface area (Å²) in [5, 5.41) is 0. The maximum atomic E-state index is 13.1. The molecular weight excluding hydrogens is 358 g/mol. The Labute approximate surface area is 162 Å². The van der Waals surface area contributed by atoms with Crippen LogP contribution in [-0.2, 0) is 20.1 Å². The number of rotatable bonds is 4. The summed E-state index contributed by atoms with van der Waals surface area (Å²) < 4.78 is 10.3. The number of ether oxygens (including phenoxy) is 1. The highest BCUT2D eigenvalue weighted by atomic mass is 16.5. The molecule has 0 aliphatic carbocycles. The molecule has 0 spiro atoms. The summed E-state index contributed by atoms with van der Waals surface area (Å²) in [5.74, 6) is 1.91. The number of aryl methyl sites for hydroxylation is 1. The third-order valence-corrected chi connectivity index (χ3v) is 5.34. The van der Waals surface area contributed by atoms with Crippen molar-refractivity contribution in [2.24, 2.45) is 13.0 Å². The number of nitrogens with zero attached hydrogens (tertiary/aromatic N) is 4. The van der Waals surface area contributed by atoms with Gasteiger partial charge in [-0.2, -0.15) is 0 Å². The molecule has 1 aromatic carbocycles. The lowest BCUT2D eigenvalue weighted by molar-refractivity contribution is -0.669. The van der Waals surface area contributed by atoms with E-state index >= 15 is 0 Å². The van der Waals surface area contributed by atoms with Crippen LogP contribution in [0.1, 0.15) is 20.3 Å². The number of benzene rings is 1. The Kier molecular flexibility index (Phi) is 4.49. The van der Waals surface area contributed by atoms with Crippen LogP contribution in [0.3, 0.4) is 0 Å². The molecule has 0 radical (unpaired) electrons. The number of aromatic nitrogens is 4. The minimum atomic E-state index is -0.292. The molecule has 4 rings (SSSR count). The smallest absolute Gasteiger partial charge is 0.364 e. The number of anilines is 2. The lowest BCUT2D eigenvalue weighted by atomic mass is 10.1. The standard InChI is InChI=1S/C20H25N5O3/c1-5-9-23-18(26)16-17(22(3)20(23)27)21-19-24(11-13(2)12-25(16)19)14-7-6-8-15(10-14)28-4/h6-8,10,13H,5,9,11-12H2,1-4H3/p+1/t13-/m0/s1. The minimum Gasteiger partial charge on any atom is -0.497 e. The van der Waals surface area contributed by atoms with E-state index in [1.165, 1.54) is 9.13 Å². The van der Waals surface area contributed by atoms with Crippen LogP contribution in [-0.4, -0.2) is 27.8 Å². The molecule has 148 valence electrons. The van der Waals surface area contributed by atoms with Crippen molar-refractivity contribution in [3.8, 4) is 5.75 Å². The van der Waals surface area contributed by atoms with Gasteiger partial charge in [-0.3, -0.25) is 13.9 Å². The summed E-state index contributed by atoms with van der Waals surface area (Å²) >= 11 is 0. The van der Waals surface area contributed by atoms with Gasteiger partial charge in [-0.05, 0) is 18.6 Å². The average Bonchev–Trinajstić information content (AvgIpc) is 3.08. The maximum Gasteiger partial charge on any atom is 0.364 e. The molecular formula is C20H26N5O3+. The van der Waals surface area contributed by atoms with Crippen molar-refractivity contribution < 1.29 is 9.30 Å². The fraction of sp³-hybridized carbons (Fsp3) is 0.450. The molecule has 1 aliphatic rings. The fourth-order valence-corrected chi connectivity index (χ4v) is 4.00. The van der Waals surface area contributed by atoms with Gasteiger partial charge >= 0.3 is 11.6 Å². The van der Waals surface area contributed by atoms with Gasteiger partial charge in [0.05, 0.1) is 20.2 Å². The van der Waals surface area contributed by atoms with E-state index in [4.69, 9.17) is 4.74 Å². The van der Waals surface area contributed by atoms with Gasteiger partial charge in [-0.1, -0.05) is 19.9 Å².